The minimum absolute atomic E-state index is 0.0936. The van der Waals surface area contributed by atoms with E-state index >= 15 is 0 Å². The normalized spacial score (nSPS) is 11.1. The fraction of sp³-hybridized carbons (Fsp3) is 0.368. The molecule has 0 fully saturated rings. The van der Waals surface area contributed by atoms with Crippen LogP contribution in [0.5, 0.6) is 0 Å². The summed E-state index contributed by atoms with van der Waals surface area (Å²) in [6.07, 6.45) is 0. The summed E-state index contributed by atoms with van der Waals surface area (Å²) in [5, 5.41) is 21.7. The number of aliphatic hydroxyl groups is 1. The van der Waals surface area contributed by atoms with Crippen LogP contribution < -0.4 is 5.32 Å². The summed E-state index contributed by atoms with van der Waals surface area (Å²) >= 11 is 0. The lowest BCUT2D eigenvalue weighted by Crippen LogP contribution is -2.08. The highest BCUT2D eigenvalue weighted by Crippen LogP contribution is 2.25. The number of nitrogens with zero attached hydrogens (tertiary/aromatic N) is 4. The van der Waals surface area contributed by atoms with E-state index in [4.69, 9.17) is 5.11 Å². The summed E-state index contributed by atoms with van der Waals surface area (Å²) < 4.78 is 3.72. The largest absolute Gasteiger partial charge is 0.394 e. The molecule has 0 saturated carbocycles. The minimum Gasteiger partial charge on any atom is -0.394 e. The maximum Gasteiger partial charge on any atom is 0.124 e. The summed E-state index contributed by atoms with van der Waals surface area (Å²) in [5.41, 5.74) is 6.55. The third-order valence-electron chi connectivity index (χ3n) is 4.59. The van der Waals surface area contributed by atoms with E-state index in [0.29, 0.717) is 13.1 Å². The van der Waals surface area contributed by atoms with Gasteiger partial charge in [-0.05, 0) is 26.3 Å². The van der Waals surface area contributed by atoms with Crippen LogP contribution in [0, 0.1) is 20.8 Å². The van der Waals surface area contributed by atoms with Crippen LogP contribution >= 0.6 is 0 Å². The highest BCUT2D eigenvalue weighted by Gasteiger charge is 2.13. The quantitative estimate of drug-likeness (QED) is 0.725. The van der Waals surface area contributed by atoms with Crippen molar-refractivity contribution in [1.29, 1.82) is 0 Å². The van der Waals surface area contributed by atoms with Crippen LogP contribution in [0.1, 0.15) is 22.5 Å². The van der Waals surface area contributed by atoms with Gasteiger partial charge in [-0.15, -0.1) is 0 Å². The van der Waals surface area contributed by atoms with Gasteiger partial charge in [0.05, 0.1) is 24.5 Å². The van der Waals surface area contributed by atoms with Crippen molar-refractivity contribution >= 4 is 5.82 Å². The van der Waals surface area contributed by atoms with Crippen LogP contribution in [-0.4, -0.2) is 31.3 Å². The Morgan fingerprint density at radius 3 is 2.60 bits per heavy atom. The van der Waals surface area contributed by atoms with Gasteiger partial charge in [-0.1, -0.05) is 24.3 Å². The molecule has 6 nitrogen and oxygen atoms in total. The van der Waals surface area contributed by atoms with Crippen molar-refractivity contribution in [1.82, 2.24) is 19.6 Å². The van der Waals surface area contributed by atoms with Gasteiger partial charge >= 0.3 is 0 Å². The zero-order valence-corrected chi connectivity index (χ0v) is 15.2. The molecule has 1 aromatic carbocycles. The molecule has 0 amide bonds. The highest BCUT2D eigenvalue weighted by atomic mass is 16.3. The van der Waals surface area contributed by atoms with Crippen molar-refractivity contribution in [2.45, 2.75) is 33.9 Å². The Hall–Kier alpha value is -2.60. The molecule has 25 heavy (non-hydrogen) atoms. The molecule has 132 valence electrons. The van der Waals surface area contributed by atoms with Crippen LogP contribution in [0.2, 0.25) is 0 Å². The number of aryl methyl sites for hydroxylation is 3. The molecular weight excluding hydrogens is 314 g/mol. The third kappa shape index (κ3) is 3.44. The van der Waals surface area contributed by atoms with Crippen molar-refractivity contribution < 1.29 is 5.11 Å². The lowest BCUT2D eigenvalue weighted by atomic mass is 10.1. The summed E-state index contributed by atoms with van der Waals surface area (Å²) in [5.74, 6) is 0.965. The fourth-order valence-corrected chi connectivity index (χ4v) is 3.11. The predicted molar refractivity (Wildman–Crippen MR) is 99.5 cm³/mol. The molecule has 0 saturated heterocycles. The van der Waals surface area contributed by atoms with E-state index in [1.165, 1.54) is 5.56 Å². The van der Waals surface area contributed by atoms with E-state index in [0.717, 1.165) is 34.0 Å². The maximum absolute atomic E-state index is 9.13. The molecule has 0 bridgehead atoms. The van der Waals surface area contributed by atoms with Gasteiger partial charge in [-0.2, -0.15) is 10.2 Å². The Balaban J connectivity index is 1.80. The average Bonchev–Trinajstić information content (AvgIpc) is 3.07. The number of rotatable bonds is 6. The van der Waals surface area contributed by atoms with Gasteiger partial charge < -0.3 is 10.4 Å². The second-order valence-corrected chi connectivity index (χ2v) is 6.30. The second kappa shape index (κ2) is 7.11. The Morgan fingerprint density at radius 2 is 1.88 bits per heavy atom. The number of aromatic nitrogens is 4. The van der Waals surface area contributed by atoms with Gasteiger partial charge in [0.2, 0.25) is 0 Å². The number of anilines is 1. The molecule has 0 radical (unpaired) electrons. The molecule has 2 N–H and O–H groups in total. The molecule has 2 aromatic heterocycles. The molecular formula is C19H25N5O. The van der Waals surface area contributed by atoms with Gasteiger partial charge in [-0.25, -0.2) is 0 Å². The molecule has 0 aliphatic carbocycles. The monoisotopic (exact) mass is 339 g/mol. The van der Waals surface area contributed by atoms with Crippen LogP contribution in [-0.2, 0) is 20.1 Å². The van der Waals surface area contributed by atoms with E-state index in [1.54, 1.807) is 0 Å². The van der Waals surface area contributed by atoms with Crippen molar-refractivity contribution in [3.05, 3.63) is 52.8 Å². The van der Waals surface area contributed by atoms with Gasteiger partial charge in [0.25, 0.3) is 0 Å². The first-order valence-corrected chi connectivity index (χ1v) is 8.49. The molecule has 0 atom stereocenters. The Kier molecular flexibility index (Phi) is 4.90. The Bertz CT molecular complexity index is 878. The van der Waals surface area contributed by atoms with Gasteiger partial charge in [0, 0.05) is 36.5 Å². The number of hydrogen-bond acceptors (Lipinski definition) is 4. The number of hydrogen-bond donors (Lipinski definition) is 2. The van der Waals surface area contributed by atoms with Crippen LogP contribution in [0.15, 0.2) is 30.3 Å². The fourth-order valence-electron chi connectivity index (χ4n) is 3.11. The topological polar surface area (TPSA) is 67.9 Å². The lowest BCUT2D eigenvalue weighted by Gasteiger charge is -2.07. The SMILES string of the molecule is Cc1ccccc1-c1cc(NCc2c(C)nn(CCO)c2C)n(C)n1. The Labute approximate surface area is 148 Å². The van der Waals surface area contributed by atoms with E-state index in [2.05, 4.69) is 40.6 Å². The van der Waals surface area contributed by atoms with E-state index < -0.39 is 0 Å². The molecule has 3 rings (SSSR count). The minimum atomic E-state index is 0.0936. The smallest absolute Gasteiger partial charge is 0.124 e. The number of benzene rings is 1. The third-order valence-corrected chi connectivity index (χ3v) is 4.59. The zero-order chi connectivity index (χ0) is 18.0. The van der Waals surface area contributed by atoms with E-state index in [9.17, 15) is 0 Å². The standard InChI is InChI=1S/C19H25N5O/c1-13-7-5-6-8-16(13)18-11-19(23(4)22-18)20-12-17-14(2)21-24(9-10-25)15(17)3/h5-8,11,20,25H,9-10,12H2,1-4H3. The Morgan fingerprint density at radius 1 is 1.12 bits per heavy atom. The summed E-state index contributed by atoms with van der Waals surface area (Å²) in [6.45, 7) is 7.43. The van der Waals surface area contributed by atoms with Gasteiger partial charge in [0.1, 0.15) is 5.82 Å². The molecule has 0 unspecified atom stereocenters. The molecule has 0 spiro atoms. The summed E-state index contributed by atoms with van der Waals surface area (Å²) in [4.78, 5) is 0. The number of nitrogens with one attached hydrogen (secondary N) is 1. The molecule has 6 heteroatoms. The number of aliphatic hydroxyl groups excluding tert-OH is 1. The zero-order valence-electron chi connectivity index (χ0n) is 15.2. The van der Waals surface area contributed by atoms with Crippen molar-refractivity contribution in [2.75, 3.05) is 11.9 Å². The van der Waals surface area contributed by atoms with Gasteiger partial charge in [0.15, 0.2) is 0 Å². The van der Waals surface area contributed by atoms with Crippen LogP contribution in [0.25, 0.3) is 11.3 Å². The summed E-state index contributed by atoms with van der Waals surface area (Å²) in [6, 6.07) is 10.3. The van der Waals surface area contributed by atoms with Crippen LogP contribution in [0.4, 0.5) is 5.82 Å². The lowest BCUT2D eigenvalue weighted by molar-refractivity contribution is 0.268. The van der Waals surface area contributed by atoms with Crippen molar-refractivity contribution in [2.24, 2.45) is 7.05 Å². The predicted octanol–water partition coefficient (Wildman–Crippen LogP) is 2.81. The molecule has 0 aliphatic rings. The second-order valence-electron chi connectivity index (χ2n) is 6.30. The first kappa shape index (κ1) is 17.2. The maximum atomic E-state index is 9.13. The van der Waals surface area contributed by atoms with Crippen LogP contribution in [0.3, 0.4) is 0 Å². The van der Waals surface area contributed by atoms with Crippen molar-refractivity contribution in [3.8, 4) is 11.3 Å². The van der Waals surface area contributed by atoms with Gasteiger partial charge in [-0.3, -0.25) is 9.36 Å². The van der Waals surface area contributed by atoms with Crippen molar-refractivity contribution in [3.63, 3.8) is 0 Å². The first-order chi connectivity index (χ1) is 12.0. The molecule has 3 aromatic rings. The van der Waals surface area contributed by atoms with E-state index in [1.807, 2.05) is 42.4 Å². The van der Waals surface area contributed by atoms with E-state index in [-0.39, 0.29) is 6.61 Å². The average molecular weight is 339 g/mol. The summed E-state index contributed by atoms with van der Waals surface area (Å²) in [7, 11) is 1.94. The molecule has 0 aliphatic heterocycles. The molecule has 2 heterocycles. The highest BCUT2D eigenvalue weighted by molar-refractivity contribution is 5.66. The first-order valence-electron chi connectivity index (χ1n) is 8.49.